The lowest BCUT2D eigenvalue weighted by molar-refractivity contribution is 0.222. The first kappa shape index (κ1) is 19.3. The molecular weight excluding hydrogens is 362 g/mol. The zero-order valence-corrected chi connectivity index (χ0v) is 17.4. The molecule has 4 aromatic rings. The first-order chi connectivity index (χ1) is 13.9. The summed E-state index contributed by atoms with van der Waals surface area (Å²) in [5.41, 5.74) is 1.94. The maximum atomic E-state index is 6.24. The molecule has 1 atom stereocenters. The number of likely N-dealkylation sites (N-methyl/N-ethyl adjacent to an activating group) is 1. The van der Waals surface area contributed by atoms with Gasteiger partial charge in [0, 0.05) is 11.9 Å². The highest BCUT2D eigenvalue weighted by Crippen LogP contribution is 2.32. The molecular formula is C23H27N5O. The number of hydrogen-bond acceptors (Lipinski definition) is 5. The fraction of sp³-hybridized carbons (Fsp3) is 0.348. The number of para-hydroxylation sites is 1. The predicted octanol–water partition coefficient (Wildman–Crippen LogP) is 4.44. The molecule has 1 unspecified atom stereocenters. The van der Waals surface area contributed by atoms with E-state index in [0.717, 1.165) is 35.5 Å². The summed E-state index contributed by atoms with van der Waals surface area (Å²) in [4.78, 5) is 2.26. The van der Waals surface area contributed by atoms with Crippen LogP contribution in [0.15, 0.2) is 65.1 Å². The number of nitrogens with zero attached hydrogens (tertiary/aromatic N) is 5. The summed E-state index contributed by atoms with van der Waals surface area (Å²) >= 11 is 0. The minimum atomic E-state index is -0.233. The Balaban J connectivity index is 1.72. The Hall–Kier alpha value is -2.99. The molecule has 0 saturated carbocycles. The minimum absolute atomic E-state index is 0.180. The number of fused-ring (bicyclic) bond motifs is 1. The van der Waals surface area contributed by atoms with Crippen molar-refractivity contribution in [1.82, 2.24) is 25.1 Å². The molecule has 0 spiro atoms. The van der Waals surface area contributed by atoms with Crippen LogP contribution in [0.3, 0.4) is 0 Å². The van der Waals surface area contributed by atoms with Gasteiger partial charge >= 0.3 is 0 Å². The molecule has 0 aliphatic rings. The monoisotopic (exact) mass is 389 g/mol. The third-order valence-corrected chi connectivity index (χ3v) is 5.12. The number of tetrazole rings is 1. The van der Waals surface area contributed by atoms with Crippen LogP contribution in [-0.4, -0.2) is 38.7 Å². The molecule has 6 heteroatoms. The molecule has 0 N–H and O–H groups in total. The summed E-state index contributed by atoms with van der Waals surface area (Å²) in [7, 11) is 2.10. The van der Waals surface area contributed by atoms with Gasteiger partial charge in [0.15, 0.2) is 5.82 Å². The van der Waals surface area contributed by atoms with Gasteiger partial charge in [-0.25, -0.2) is 4.68 Å². The zero-order chi connectivity index (χ0) is 20.4. The van der Waals surface area contributed by atoms with E-state index >= 15 is 0 Å². The van der Waals surface area contributed by atoms with E-state index in [1.165, 1.54) is 5.56 Å². The molecule has 0 fully saturated rings. The summed E-state index contributed by atoms with van der Waals surface area (Å²) in [6.45, 7) is 7.16. The fourth-order valence-electron chi connectivity index (χ4n) is 3.60. The topological polar surface area (TPSA) is 60.0 Å². The quantitative estimate of drug-likeness (QED) is 0.488. The average Bonchev–Trinajstić information content (AvgIpc) is 3.34. The predicted molar refractivity (Wildman–Crippen MR) is 114 cm³/mol. The molecule has 150 valence electrons. The van der Waals surface area contributed by atoms with Gasteiger partial charge < -0.3 is 4.42 Å². The van der Waals surface area contributed by atoms with Crippen molar-refractivity contribution in [3.05, 3.63) is 77.8 Å². The summed E-state index contributed by atoms with van der Waals surface area (Å²) in [6, 6.07) is 20.5. The van der Waals surface area contributed by atoms with Crippen molar-refractivity contribution in [3.63, 3.8) is 0 Å². The third-order valence-electron chi connectivity index (χ3n) is 5.12. The number of aromatic nitrogens is 4. The Labute approximate surface area is 171 Å². The van der Waals surface area contributed by atoms with Gasteiger partial charge in [-0.3, -0.25) is 4.90 Å². The number of benzene rings is 2. The fourth-order valence-corrected chi connectivity index (χ4v) is 3.60. The average molecular weight is 390 g/mol. The van der Waals surface area contributed by atoms with Crippen molar-refractivity contribution in [3.8, 4) is 0 Å². The van der Waals surface area contributed by atoms with E-state index in [9.17, 15) is 0 Å². The van der Waals surface area contributed by atoms with Gasteiger partial charge in [0.25, 0.3) is 0 Å². The van der Waals surface area contributed by atoms with Gasteiger partial charge in [0.05, 0.1) is 5.54 Å². The Morgan fingerprint density at radius 2 is 1.76 bits per heavy atom. The lowest BCUT2D eigenvalue weighted by Gasteiger charge is -2.28. The van der Waals surface area contributed by atoms with E-state index in [1.807, 2.05) is 28.9 Å². The van der Waals surface area contributed by atoms with E-state index in [-0.39, 0.29) is 11.6 Å². The largest absolute Gasteiger partial charge is 0.459 e. The molecule has 0 radical (unpaired) electrons. The van der Waals surface area contributed by atoms with E-state index in [1.54, 1.807) is 0 Å². The summed E-state index contributed by atoms with van der Waals surface area (Å²) < 4.78 is 8.14. The standard InChI is InChI=1S/C23H27N5O/c1-23(2,3)28-22(24-25-26-28)21(20-16-18-12-8-9-13-19(18)29-20)27(4)15-14-17-10-6-5-7-11-17/h5-13,16,21H,14-15H2,1-4H3. The molecule has 2 aromatic heterocycles. The second kappa shape index (κ2) is 7.79. The molecule has 29 heavy (non-hydrogen) atoms. The van der Waals surface area contributed by atoms with E-state index in [0.29, 0.717) is 0 Å². The van der Waals surface area contributed by atoms with Crippen molar-refractivity contribution in [2.45, 2.75) is 38.8 Å². The van der Waals surface area contributed by atoms with Crippen LogP contribution < -0.4 is 0 Å². The highest BCUT2D eigenvalue weighted by molar-refractivity contribution is 5.77. The second-order valence-electron chi connectivity index (χ2n) is 8.43. The van der Waals surface area contributed by atoms with Gasteiger partial charge in [-0.1, -0.05) is 48.5 Å². The molecule has 0 saturated heterocycles. The molecule has 6 nitrogen and oxygen atoms in total. The van der Waals surface area contributed by atoms with Gasteiger partial charge in [-0.15, -0.1) is 5.10 Å². The van der Waals surface area contributed by atoms with Gasteiger partial charge in [-0.2, -0.15) is 0 Å². The molecule has 0 aliphatic carbocycles. The van der Waals surface area contributed by atoms with Crippen LogP contribution in [0.25, 0.3) is 11.0 Å². The Kier molecular flexibility index (Phi) is 5.20. The van der Waals surface area contributed by atoms with Crippen LogP contribution in [0, 0.1) is 0 Å². The third kappa shape index (κ3) is 4.07. The second-order valence-corrected chi connectivity index (χ2v) is 8.43. The highest BCUT2D eigenvalue weighted by atomic mass is 16.3. The van der Waals surface area contributed by atoms with Crippen LogP contribution in [-0.2, 0) is 12.0 Å². The van der Waals surface area contributed by atoms with Crippen molar-refractivity contribution in [2.24, 2.45) is 0 Å². The number of hydrogen-bond donors (Lipinski definition) is 0. The van der Waals surface area contributed by atoms with Crippen molar-refractivity contribution in [2.75, 3.05) is 13.6 Å². The zero-order valence-electron chi connectivity index (χ0n) is 17.4. The molecule has 4 rings (SSSR count). The van der Waals surface area contributed by atoms with Gasteiger partial charge in [-0.05, 0) is 62.4 Å². The van der Waals surface area contributed by atoms with Crippen molar-refractivity contribution < 1.29 is 4.42 Å². The molecule has 0 amide bonds. The molecule has 0 bridgehead atoms. The number of furan rings is 1. The maximum Gasteiger partial charge on any atom is 0.176 e. The Morgan fingerprint density at radius 3 is 2.48 bits per heavy atom. The van der Waals surface area contributed by atoms with Crippen molar-refractivity contribution in [1.29, 1.82) is 0 Å². The summed E-state index contributed by atoms with van der Waals surface area (Å²) in [5, 5.41) is 13.7. The first-order valence-corrected chi connectivity index (χ1v) is 9.95. The maximum absolute atomic E-state index is 6.24. The molecule has 2 heterocycles. The van der Waals surface area contributed by atoms with E-state index in [4.69, 9.17) is 4.42 Å². The lowest BCUT2D eigenvalue weighted by Crippen LogP contribution is -2.34. The molecule has 2 aromatic carbocycles. The van der Waals surface area contributed by atoms with Crippen molar-refractivity contribution >= 4 is 11.0 Å². The smallest absolute Gasteiger partial charge is 0.176 e. The number of rotatable bonds is 6. The SMILES string of the molecule is CN(CCc1ccccc1)C(c1cc2ccccc2o1)c1nnnn1C(C)(C)C. The van der Waals surface area contributed by atoms with Crippen LogP contribution in [0.5, 0.6) is 0 Å². The Morgan fingerprint density at radius 1 is 1.03 bits per heavy atom. The lowest BCUT2D eigenvalue weighted by atomic mass is 10.1. The first-order valence-electron chi connectivity index (χ1n) is 9.95. The van der Waals surface area contributed by atoms with Crippen LogP contribution >= 0.6 is 0 Å². The normalized spacial score (nSPS) is 13.3. The summed E-state index contributed by atoms with van der Waals surface area (Å²) in [5.74, 6) is 1.63. The van der Waals surface area contributed by atoms with Crippen LogP contribution in [0.1, 0.15) is 44.0 Å². The van der Waals surface area contributed by atoms with Crippen LogP contribution in [0.2, 0.25) is 0 Å². The van der Waals surface area contributed by atoms with Gasteiger partial charge in [0.2, 0.25) is 0 Å². The Bertz CT molecular complexity index is 1040. The van der Waals surface area contributed by atoms with E-state index < -0.39 is 0 Å². The highest BCUT2D eigenvalue weighted by Gasteiger charge is 2.32. The van der Waals surface area contributed by atoms with Gasteiger partial charge in [0.1, 0.15) is 17.4 Å². The minimum Gasteiger partial charge on any atom is -0.459 e. The van der Waals surface area contributed by atoms with E-state index in [2.05, 4.69) is 84.6 Å². The summed E-state index contributed by atoms with van der Waals surface area (Å²) in [6.07, 6.45) is 0.936. The van der Waals surface area contributed by atoms with Crippen LogP contribution in [0.4, 0.5) is 0 Å². The molecule has 0 aliphatic heterocycles.